The third kappa shape index (κ3) is 1.54. The molecule has 1 nitrogen and oxygen atoms in total. The van der Waals surface area contributed by atoms with E-state index in [1.165, 1.54) is 6.07 Å². The third-order valence-electron chi connectivity index (χ3n) is 2.31. The monoisotopic (exact) mass is 200 g/mol. The summed E-state index contributed by atoms with van der Waals surface area (Å²) in [6.45, 7) is 3.34. The lowest BCUT2D eigenvalue weighted by Crippen LogP contribution is -1.98. The predicted molar refractivity (Wildman–Crippen MR) is 58.4 cm³/mol. The van der Waals surface area contributed by atoms with E-state index >= 15 is 0 Å². The summed E-state index contributed by atoms with van der Waals surface area (Å²) in [4.78, 5) is 11.3. The van der Waals surface area contributed by atoms with Crippen LogP contribution in [-0.2, 0) is 0 Å². The molecule has 0 aromatic heterocycles. The average molecular weight is 200 g/mol. The minimum Gasteiger partial charge on any atom is -0.289 e. The van der Waals surface area contributed by atoms with Crippen LogP contribution in [0.3, 0.4) is 0 Å². The fourth-order valence-electron chi connectivity index (χ4n) is 1.53. The Labute approximate surface area is 86.8 Å². The number of carbonyl (C=O) groups is 1. The van der Waals surface area contributed by atoms with Crippen molar-refractivity contribution >= 4 is 16.6 Å². The SMILES string of the molecule is C=CC(=O)c1ccc2ccccc2c1F. The van der Waals surface area contributed by atoms with E-state index < -0.39 is 11.6 Å². The van der Waals surface area contributed by atoms with Crippen molar-refractivity contribution in [2.45, 2.75) is 0 Å². The largest absolute Gasteiger partial charge is 0.289 e. The van der Waals surface area contributed by atoms with E-state index in [1.807, 2.05) is 6.07 Å². The van der Waals surface area contributed by atoms with Crippen molar-refractivity contribution in [3.05, 3.63) is 60.4 Å². The van der Waals surface area contributed by atoms with E-state index in [0.717, 1.165) is 11.5 Å². The van der Waals surface area contributed by atoms with E-state index in [1.54, 1.807) is 24.3 Å². The maximum atomic E-state index is 13.8. The second-order valence-electron chi connectivity index (χ2n) is 3.22. The Bertz CT molecular complexity index is 543. The molecule has 0 atom stereocenters. The van der Waals surface area contributed by atoms with Crippen LogP contribution in [0.25, 0.3) is 10.8 Å². The van der Waals surface area contributed by atoms with Gasteiger partial charge in [-0.1, -0.05) is 36.9 Å². The minimum absolute atomic E-state index is 0.0729. The fraction of sp³-hybridized carbons (Fsp3) is 0. The number of carbonyl (C=O) groups excluding carboxylic acids is 1. The second kappa shape index (κ2) is 3.65. The Morgan fingerprint density at radius 2 is 1.93 bits per heavy atom. The highest BCUT2D eigenvalue weighted by atomic mass is 19.1. The Hall–Kier alpha value is -1.96. The summed E-state index contributed by atoms with van der Waals surface area (Å²) in [6.07, 6.45) is 1.12. The molecule has 2 heteroatoms. The molecule has 0 aliphatic carbocycles. The molecule has 74 valence electrons. The molecule has 0 bridgehead atoms. The number of ketones is 1. The zero-order valence-electron chi connectivity index (χ0n) is 8.03. The molecular formula is C13H9FO. The number of hydrogen-bond donors (Lipinski definition) is 0. The first kappa shape index (κ1) is 9.59. The summed E-state index contributed by atoms with van der Waals surface area (Å²) >= 11 is 0. The molecule has 2 aromatic carbocycles. The molecule has 2 rings (SSSR count). The van der Waals surface area contributed by atoms with Gasteiger partial charge in [0, 0.05) is 5.39 Å². The highest BCUT2D eigenvalue weighted by Gasteiger charge is 2.10. The normalized spacial score (nSPS) is 10.2. The molecule has 0 aliphatic rings. The van der Waals surface area contributed by atoms with Gasteiger partial charge in [0.2, 0.25) is 0 Å². The number of rotatable bonds is 2. The molecule has 0 spiro atoms. The number of fused-ring (bicyclic) bond motifs is 1. The van der Waals surface area contributed by atoms with Crippen LogP contribution in [0.4, 0.5) is 4.39 Å². The number of benzene rings is 2. The Kier molecular flexibility index (Phi) is 2.34. The quantitative estimate of drug-likeness (QED) is 0.536. The van der Waals surface area contributed by atoms with Gasteiger partial charge >= 0.3 is 0 Å². The van der Waals surface area contributed by atoms with Crippen molar-refractivity contribution in [2.75, 3.05) is 0 Å². The van der Waals surface area contributed by atoms with Gasteiger partial charge in [-0.15, -0.1) is 0 Å². The molecule has 0 unspecified atom stereocenters. The summed E-state index contributed by atoms with van der Waals surface area (Å²) in [6, 6.07) is 10.3. The summed E-state index contributed by atoms with van der Waals surface area (Å²) in [5.41, 5.74) is 0.0729. The van der Waals surface area contributed by atoms with E-state index in [-0.39, 0.29) is 5.56 Å². The van der Waals surface area contributed by atoms with Gasteiger partial charge in [-0.3, -0.25) is 4.79 Å². The van der Waals surface area contributed by atoms with Crippen molar-refractivity contribution in [1.82, 2.24) is 0 Å². The molecule has 0 amide bonds. The van der Waals surface area contributed by atoms with Crippen LogP contribution in [0.15, 0.2) is 49.1 Å². The maximum absolute atomic E-state index is 13.8. The molecule has 0 fully saturated rings. The number of allylic oxidation sites excluding steroid dienone is 1. The molecule has 15 heavy (non-hydrogen) atoms. The third-order valence-corrected chi connectivity index (χ3v) is 2.31. The van der Waals surface area contributed by atoms with Gasteiger partial charge in [0.1, 0.15) is 5.82 Å². The van der Waals surface area contributed by atoms with E-state index in [9.17, 15) is 9.18 Å². The zero-order chi connectivity index (χ0) is 10.8. The molecule has 0 radical (unpaired) electrons. The van der Waals surface area contributed by atoms with Crippen LogP contribution in [0.2, 0.25) is 0 Å². The van der Waals surface area contributed by atoms with Crippen molar-refractivity contribution in [3.8, 4) is 0 Å². The molecular weight excluding hydrogens is 191 g/mol. The van der Waals surface area contributed by atoms with Gasteiger partial charge in [-0.05, 0) is 17.5 Å². The van der Waals surface area contributed by atoms with Gasteiger partial charge in [0.25, 0.3) is 0 Å². The highest BCUT2D eigenvalue weighted by molar-refractivity contribution is 6.06. The summed E-state index contributed by atoms with van der Waals surface area (Å²) in [5.74, 6) is -0.865. The van der Waals surface area contributed by atoms with Crippen LogP contribution >= 0.6 is 0 Å². The van der Waals surface area contributed by atoms with Crippen molar-refractivity contribution in [1.29, 1.82) is 0 Å². The van der Waals surface area contributed by atoms with Crippen molar-refractivity contribution in [2.24, 2.45) is 0 Å². The van der Waals surface area contributed by atoms with Gasteiger partial charge in [0.05, 0.1) is 5.56 Å². The Morgan fingerprint density at radius 3 is 2.67 bits per heavy atom. The molecule has 0 saturated carbocycles. The minimum atomic E-state index is -0.474. The van der Waals surface area contributed by atoms with Crippen molar-refractivity contribution < 1.29 is 9.18 Å². The van der Waals surface area contributed by atoms with E-state index in [4.69, 9.17) is 0 Å². The molecule has 0 saturated heterocycles. The van der Waals surface area contributed by atoms with Gasteiger partial charge < -0.3 is 0 Å². The van der Waals surface area contributed by atoms with Crippen LogP contribution in [0, 0.1) is 5.82 Å². The van der Waals surface area contributed by atoms with E-state index in [0.29, 0.717) is 5.39 Å². The zero-order valence-corrected chi connectivity index (χ0v) is 8.03. The lowest BCUT2D eigenvalue weighted by Gasteiger charge is -2.03. The van der Waals surface area contributed by atoms with Gasteiger partial charge in [-0.2, -0.15) is 0 Å². The molecule has 0 N–H and O–H groups in total. The average Bonchev–Trinajstić information content (AvgIpc) is 2.29. The van der Waals surface area contributed by atoms with Crippen molar-refractivity contribution in [3.63, 3.8) is 0 Å². The molecule has 0 heterocycles. The topological polar surface area (TPSA) is 17.1 Å². The second-order valence-corrected chi connectivity index (χ2v) is 3.22. The first-order chi connectivity index (χ1) is 7.24. The Morgan fingerprint density at radius 1 is 1.20 bits per heavy atom. The van der Waals surface area contributed by atoms with Gasteiger partial charge in [0.15, 0.2) is 5.78 Å². The first-order valence-electron chi connectivity index (χ1n) is 4.58. The first-order valence-corrected chi connectivity index (χ1v) is 4.58. The summed E-state index contributed by atoms with van der Waals surface area (Å²) < 4.78 is 13.8. The summed E-state index contributed by atoms with van der Waals surface area (Å²) in [5, 5.41) is 1.25. The predicted octanol–water partition coefficient (Wildman–Crippen LogP) is 3.35. The summed E-state index contributed by atoms with van der Waals surface area (Å²) in [7, 11) is 0. The van der Waals surface area contributed by atoms with Crippen LogP contribution in [0.5, 0.6) is 0 Å². The smallest absolute Gasteiger partial charge is 0.188 e. The van der Waals surface area contributed by atoms with Crippen LogP contribution < -0.4 is 0 Å². The number of halogens is 1. The standard InChI is InChI=1S/C13H9FO/c1-2-12(15)11-8-7-9-5-3-4-6-10(9)13(11)14/h2-8H,1H2. The van der Waals surface area contributed by atoms with E-state index in [2.05, 4.69) is 6.58 Å². The fourth-order valence-corrected chi connectivity index (χ4v) is 1.53. The lowest BCUT2D eigenvalue weighted by atomic mass is 10.0. The highest BCUT2D eigenvalue weighted by Crippen LogP contribution is 2.21. The van der Waals surface area contributed by atoms with Gasteiger partial charge in [-0.25, -0.2) is 4.39 Å². The number of hydrogen-bond acceptors (Lipinski definition) is 1. The Balaban J connectivity index is 2.75. The van der Waals surface area contributed by atoms with Crippen LogP contribution in [0.1, 0.15) is 10.4 Å². The maximum Gasteiger partial charge on any atom is 0.188 e. The molecule has 2 aromatic rings. The molecule has 0 aliphatic heterocycles. The van der Waals surface area contributed by atoms with Crippen LogP contribution in [-0.4, -0.2) is 5.78 Å². The lowest BCUT2D eigenvalue weighted by molar-refractivity contribution is 0.104.